The maximum absolute atomic E-state index is 5.81. The zero-order valence-corrected chi connectivity index (χ0v) is 11.0. The van der Waals surface area contributed by atoms with E-state index in [0.29, 0.717) is 0 Å². The van der Waals surface area contributed by atoms with E-state index in [2.05, 4.69) is 50.1 Å². The lowest BCUT2D eigenvalue weighted by Crippen LogP contribution is -2.11. The molecule has 0 atom stereocenters. The van der Waals surface area contributed by atoms with E-state index in [1.165, 1.54) is 5.56 Å². The zero-order valence-electron chi connectivity index (χ0n) is 11.0. The number of benzene rings is 1. The van der Waals surface area contributed by atoms with E-state index in [1.807, 2.05) is 6.07 Å². The monoisotopic (exact) mass is 232 g/mol. The molecule has 2 aromatic rings. The predicted molar refractivity (Wildman–Crippen MR) is 70.1 cm³/mol. The molecule has 0 aliphatic carbocycles. The largest absolute Gasteiger partial charge is 0.440 e. The topological polar surface area (TPSA) is 38.1 Å². The zero-order chi connectivity index (χ0) is 12.5. The van der Waals surface area contributed by atoms with Crippen molar-refractivity contribution in [2.24, 2.45) is 0 Å². The summed E-state index contributed by atoms with van der Waals surface area (Å²) >= 11 is 0. The molecule has 0 saturated heterocycles. The Balaban J connectivity index is 2.34. The van der Waals surface area contributed by atoms with Crippen LogP contribution >= 0.6 is 0 Å². The van der Waals surface area contributed by atoms with Gasteiger partial charge in [0.15, 0.2) is 5.58 Å². The SMILES string of the molecule is CCNCc1ccc2nc(C(C)(C)C)oc2c1. The molecule has 0 fully saturated rings. The molecule has 0 bridgehead atoms. The first-order valence-corrected chi connectivity index (χ1v) is 6.11. The quantitative estimate of drug-likeness (QED) is 0.882. The lowest BCUT2D eigenvalue weighted by molar-refractivity contribution is 0.410. The Hall–Kier alpha value is -1.35. The molecule has 3 nitrogen and oxygen atoms in total. The van der Waals surface area contributed by atoms with E-state index in [4.69, 9.17) is 4.42 Å². The normalized spacial score (nSPS) is 12.2. The highest BCUT2D eigenvalue weighted by molar-refractivity contribution is 5.73. The van der Waals surface area contributed by atoms with Gasteiger partial charge >= 0.3 is 0 Å². The summed E-state index contributed by atoms with van der Waals surface area (Å²) in [5, 5.41) is 3.30. The van der Waals surface area contributed by atoms with Crippen molar-refractivity contribution < 1.29 is 4.42 Å². The number of fused-ring (bicyclic) bond motifs is 1. The lowest BCUT2D eigenvalue weighted by atomic mass is 9.97. The summed E-state index contributed by atoms with van der Waals surface area (Å²) in [5.41, 5.74) is 3.01. The summed E-state index contributed by atoms with van der Waals surface area (Å²) in [7, 11) is 0. The van der Waals surface area contributed by atoms with Crippen LogP contribution in [0.2, 0.25) is 0 Å². The van der Waals surface area contributed by atoms with Crippen molar-refractivity contribution in [1.29, 1.82) is 0 Å². The van der Waals surface area contributed by atoms with Crippen molar-refractivity contribution in [2.75, 3.05) is 6.54 Å². The number of hydrogen-bond donors (Lipinski definition) is 1. The molecule has 1 heterocycles. The van der Waals surface area contributed by atoms with Crippen LogP contribution in [0.3, 0.4) is 0 Å². The van der Waals surface area contributed by atoms with Crippen LogP contribution in [0.4, 0.5) is 0 Å². The van der Waals surface area contributed by atoms with Crippen molar-refractivity contribution >= 4 is 11.1 Å². The number of nitrogens with one attached hydrogen (secondary N) is 1. The third kappa shape index (κ3) is 2.67. The van der Waals surface area contributed by atoms with Crippen molar-refractivity contribution in [2.45, 2.75) is 39.7 Å². The number of nitrogens with zero attached hydrogens (tertiary/aromatic N) is 1. The third-order valence-electron chi connectivity index (χ3n) is 2.67. The fourth-order valence-electron chi connectivity index (χ4n) is 1.67. The molecule has 1 N–H and O–H groups in total. The Morgan fingerprint density at radius 2 is 2.06 bits per heavy atom. The molecule has 0 radical (unpaired) electrons. The Kier molecular flexibility index (Phi) is 3.20. The van der Waals surface area contributed by atoms with E-state index in [9.17, 15) is 0 Å². The minimum atomic E-state index is -0.0408. The van der Waals surface area contributed by atoms with Crippen LogP contribution in [-0.2, 0) is 12.0 Å². The first kappa shape index (κ1) is 12.1. The van der Waals surface area contributed by atoms with Crippen molar-refractivity contribution in [3.63, 3.8) is 0 Å². The van der Waals surface area contributed by atoms with Gasteiger partial charge in [0.25, 0.3) is 0 Å². The van der Waals surface area contributed by atoms with E-state index in [0.717, 1.165) is 30.1 Å². The first-order chi connectivity index (χ1) is 8.00. The van der Waals surface area contributed by atoms with E-state index < -0.39 is 0 Å². The molecule has 0 amide bonds. The fourth-order valence-corrected chi connectivity index (χ4v) is 1.67. The van der Waals surface area contributed by atoms with Crippen LogP contribution in [0.15, 0.2) is 22.6 Å². The van der Waals surface area contributed by atoms with Gasteiger partial charge in [-0.1, -0.05) is 33.8 Å². The van der Waals surface area contributed by atoms with Crippen LogP contribution in [0.1, 0.15) is 39.1 Å². The molecule has 0 spiro atoms. The Morgan fingerprint density at radius 1 is 1.29 bits per heavy atom. The van der Waals surface area contributed by atoms with Crippen LogP contribution < -0.4 is 5.32 Å². The van der Waals surface area contributed by atoms with Crippen LogP contribution in [-0.4, -0.2) is 11.5 Å². The number of rotatable bonds is 3. The molecule has 0 aliphatic rings. The summed E-state index contributed by atoms with van der Waals surface area (Å²) in [6.07, 6.45) is 0. The van der Waals surface area contributed by atoms with Gasteiger partial charge in [0.1, 0.15) is 5.52 Å². The molecule has 92 valence electrons. The summed E-state index contributed by atoms with van der Waals surface area (Å²) < 4.78 is 5.81. The standard InChI is InChI=1S/C14H20N2O/c1-5-15-9-10-6-7-11-12(8-10)17-13(16-11)14(2,3)4/h6-8,15H,5,9H2,1-4H3. The molecule has 0 aliphatic heterocycles. The lowest BCUT2D eigenvalue weighted by Gasteiger charge is -2.11. The Morgan fingerprint density at radius 3 is 2.71 bits per heavy atom. The van der Waals surface area contributed by atoms with E-state index >= 15 is 0 Å². The van der Waals surface area contributed by atoms with Gasteiger partial charge in [0.2, 0.25) is 5.89 Å². The van der Waals surface area contributed by atoms with Gasteiger partial charge < -0.3 is 9.73 Å². The highest BCUT2D eigenvalue weighted by atomic mass is 16.3. The highest BCUT2D eigenvalue weighted by Gasteiger charge is 2.20. The molecular weight excluding hydrogens is 212 g/mol. The summed E-state index contributed by atoms with van der Waals surface area (Å²) in [6.45, 7) is 10.3. The molecule has 0 unspecified atom stereocenters. The predicted octanol–water partition coefficient (Wildman–Crippen LogP) is 3.23. The minimum Gasteiger partial charge on any atom is -0.440 e. The molecular formula is C14H20N2O. The third-order valence-corrected chi connectivity index (χ3v) is 2.67. The van der Waals surface area contributed by atoms with Gasteiger partial charge in [0, 0.05) is 12.0 Å². The molecule has 0 saturated carbocycles. The Labute approximate surface area is 102 Å². The fraction of sp³-hybridized carbons (Fsp3) is 0.500. The molecule has 17 heavy (non-hydrogen) atoms. The average Bonchev–Trinajstić information content (AvgIpc) is 2.68. The average molecular weight is 232 g/mol. The number of aromatic nitrogens is 1. The molecule has 3 heteroatoms. The molecule has 1 aromatic carbocycles. The van der Waals surface area contributed by atoms with Gasteiger partial charge in [-0.15, -0.1) is 0 Å². The second-order valence-electron chi connectivity index (χ2n) is 5.35. The first-order valence-electron chi connectivity index (χ1n) is 6.11. The maximum atomic E-state index is 5.81. The summed E-state index contributed by atoms with van der Waals surface area (Å²) in [4.78, 5) is 4.52. The van der Waals surface area contributed by atoms with Crippen LogP contribution in [0.25, 0.3) is 11.1 Å². The van der Waals surface area contributed by atoms with Crippen LogP contribution in [0.5, 0.6) is 0 Å². The minimum absolute atomic E-state index is 0.0408. The van der Waals surface area contributed by atoms with Gasteiger partial charge in [0.05, 0.1) is 0 Å². The Bertz CT molecular complexity index is 508. The smallest absolute Gasteiger partial charge is 0.200 e. The highest BCUT2D eigenvalue weighted by Crippen LogP contribution is 2.26. The van der Waals surface area contributed by atoms with Gasteiger partial charge in [-0.25, -0.2) is 4.98 Å². The second kappa shape index (κ2) is 4.49. The van der Waals surface area contributed by atoms with Crippen LogP contribution in [0, 0.1) is 0 Å². The number of hydrogen-bond acceptors (Lipinski definition) is 3. The van der Waals surface area contributed by atoms with Crippen molar-refractivity contribution in [3.8, 4) is 0 Å². The van der Waals surface area contributed by atoms with Gasteiger partial charge in [-0.05, 0) is 24.2 Å². The van der Waals surface area contributed by atoms with Gasteiger partial charge in [-0.2, -0.15) is 0 Å². The molecule has 2 rings (SSSR count). The van der Waals surface area contributed by atoms with E-state index in [-0.39, 0.29) is 5.41 Å². The summed E-state index contributed by atoms with van der Waals surface area (Å²) in [5.74, 6) is 0.799. The van der Waals surface area contributed by atoms with E-state index in [1.54, 1.807) is 0 Å². The second-order valence-corrected chi connectivity index (χ2v) is 5.35. The van der Waals surface area contributed by atoms with Gasteiger partial charge in [-0.3, -0.25) is 0 Å². The van der Waals surface area contributed by atoms with Crippen molar-refractivity contribution in [1.82, 2.24) is 10.3 Å². The summed E-state index contributed by atoms with van der Waals surface area (Å²) in [6, 6.07) is 6.20. The van der Waals surface area contributed by atoms with Crippen molar-refractivity contribution in [3.05, 3.63) is 29.7 Å². The maximum Gasteiger partial charge on any atom is 0.200 e. The molecule has 1 aromatic heterocycles. The number of oxazole rings is 1.